The molecule has 1 amide bonds. The maximum Gasteiger partial charge on any atom is 0.256 e. The predicted molar refractivity (Wildman–Crippen MR) is 139 cm³/mol. The second-order valence-electron chi connectivity index (χ2n) is 10.1. The first-order valence-electron chi connectivity index (χ1n) is 12.4. The number of amides is 1. The van der Waals surface area contributed by atoms with Crippen molar-refractivity contribution in [2.45, 2.75) is 51.4 Å². The lowest BCUT2D eigenvalue weighted by molar-refractivity contribution is 0.0572. The molecule has 198 valence electrons. The first-order chi connectivity index (χ1) is 17.5. The predicted octanol–water partition coefficient (Wildman–Crippen LogP) is 1.63. The summed E-state index contributed by atoms with van der Waals surface area (Å²) in [4.78, 5) is 22.2. The van der Waals surface area contributed by atoms with Crippen LogP contribution < -0.4 is 9.62 Å². The Bertz CT molecular complexity index is 1450. The van der Waals surface area contributed by atoms with Crippen LogP contribution in [0.25, 0.3) is 5.65 Å². The third-order valence-corrected chi connectivity index (χ3v) is 7.58. The number of sulfonamides is 1. The monoisotopic (exact) mass is 528 g/mol. The number of anilines is 2. The number of benzene rings is 1. The smallest absolute Gasteiger partial charge is 0.256 e. The number of carbonyl (C=O) groups excluding carboxylic acids is 1. The first kappa shape index (κ1) is 25.4. The quantitative estimate of drug-likeness (QED) is 0.454. The molecule has 2 aliphatic heterocycles. The van der Waals surface area contributed by atoms with Crippen molar-refractivity contribution < 1.29 is 23.4 Å². The van der Waals surface area contributed by atoms with Crippen molar-refractivity contribution in [3.8, 4) is 0 Å². The Morgan fingerprint density at radius 3 is 2.54 bits per heavy atom. The van der Waals surface area contributed by atoms with E-state index in [0.29, 0.717) is 42.4 Å². The van der Waals surface area contributed by atoms with E-state index in [2.05, 4.69) is 4.72 Å². The third-order valence-electron chi connectivity index (χ3n) is 6.99. The number of aromatic nitrogens is 3. The zero-order chi connectivity index (χ0) is 26.5. The van der Waals surface area contributed by atoms with E-state index in [-0.39, 0.29) is 17.6 Å². The summed E-state index contributed by atoms with van der Waals surface area (Å²) in [6, 6.07) is 6.68. The van der Waals surface area contributed by atoms with E-state index < -0.39 is 22.2 Å². The summed E-state index contributed by atoms with van der Waals surface area (Å²) in [6.07, 6.45) is 3.80. The van der Waals surface area contributed by atoms with E-state index in [4.69, 9.17) is 10.1 Å². The molecule has 2 fully saturated rings. The Balaban J connectivity index is 1.48. The summed E-state index contributed by atoms with van der Waals surface area (Å²) in [5, 5.41) is 24.7. The van der Waals surface area contributed by atoms with E-state index in [1.54, 1.807) is 27.6 Å². The molecule has 3 aromatic rings. The largest absolute Gasteiger partial charge is 0.389 e. The normalized spacial score (nSPS) is 22.6. The Morgan fingerprint density at radius 1 is 1.11 bits per heavy atom. The minimum absolute atomic E-state index is 0.249. The van der Waals surface area contributed by atoms with Gasteiger partial charge in [0.25, 0.3) is 5.91 Å². The SMILES string of the molecule is Cc1ccc(NS(C)(=O)=O)c(C(=O)N2CCCC[C@H]2c2cc3nc(N4C[C@H](O)[C@@H](O)C4)c(C)cn3n2)c1. The van der Waals surface area contributed by atoms with Crippen molar-refractivity contribution in [3.05, 3.63) is 52.8 Å². The number of hydrogen-bond acceptors (Lipinski definition) is 8. The lowest BCUT2D eigenvalue weighted by atomic mass is 9.97. The number of piperidine rings is 1. The number of likely N-dealkylation sites (tertiary alicyclic amines) is 1. The topological polar surface area (TPSA) is 140 Å². The van der Waals surface area contributed by atoms with E-state index in [1.165, 1.54) is 0 Å². The highest BCUT2D eigenvalue weighted by molar-refractivity contribution is 7.92. The molecule has 0 bridgehead atoms. The number of nitrogens with one attached hydrogen (secondary N) is 1. The number of aliphatic hydroxyl groups is 2. The average Bonchev–Trinajstić information content (AvgIpc) is 3.40. The molecule has 0 radical (unpaired) electrons. The summed E-state index contributed by atoms with van der Waals surface area (Å²) in [5.41, 5.74) is 3.60. The summed E-state index contributed by atoms with van der Waals surface area (Å²) in [6.45, 7) is 4.91. The van der Waals surface area contributed by atoms with Gasteiger partial charge >= 0.3 is 0 Å². The maximum absolute atomic E-state index is 13.8. The van der Waals surface area contributed by atoms with Gasteiger partial charge in [-0.3, -0.25) is 9.52 Å². The highest BCUT2D eigenvalue weighted by Gasteiger charge is 2.34. The van der Waals surface area contributed by atoms with E-state index in [0.717, 1.165) is 36.6 Å². The summed E-state index contributed by atoms with van der Waals surface area (Å²) < 4.78 is 28.0. The van der Waals surface area contributed by atoms with Crippen molar-refractivity contribution >= 4 is 33.1 Å². The molecular formula is C25H32N6O5S. The van der Waals surface area contributed by atoms with Crippen LogP contribution in [0.1, 0.15) is 52.5 Å². The van der Waals surface area contributed by atoms with Gasteiger partial charge in [0.05, 0.1) is 41.5 Å². The number of rotatable bonds is 5. The highest BCUT2D eigenvalue weighted by Crippen LogP contribution is 2.34. The van der Waals surface area contributed by atoms with Gasteiger partial charge < -0.3 is 20.0 Å². The minimum Gasteiger partial charge on any atom is -0.389 e. The van der Waals surface area contributed by atoms with E-state index in [9.17, 15) is 23.4 Å². The number of aliphatic hydroxyl groups excluding tert-OH is 2. The van der Waals surface area contributed by atoms with Crippen LogP contribution in [0.15, 0.2) is 30.5 Å². The number of β-amino-alcohol motifs (C(OH)–C–C–N with tert-alkyl or cyclic N) is 2. The zero-order valence-electron chi connectivity index (χ0n) is 21.1. The number of hydrogen-bond donors (Lipinski definition) is 3. The van der Waals surface area contributed by atoms with Crippen LogP contribution in [0.3, 0.4) is 0 Å². The Labute approximate surface area is 215 Å². The molecule has 0 saturated carbocycles. The van der Waals surface area contributed by atoms with Crippen LogP contribution in [-0.4, -0.2) is 82.1 Å². The lowest BCUT2D eigenvalue weighted by Crippen LogP contribution is -2.39. The molecule has 1 aromatic carbocycles. The van der Waals surface area contributed by atoms with E-state index in [1.807, 2.05) is 31.0 Å². The van der Waals surface area contributed by atoms with Crippen molar-refractivity contribution in [1.82, 2.24) is 19.5 Å². The maximum atomic E-state index is 13.8. The van der Waals surface area contributed by atoms with Crippen LogP contribution in [-0.2, 0) is 10.0 Å². The number of aryl methyl sites for hydroxylation is 2. The van der Waals surface area contributed by atoms with Gasteiger partial charge in [-0.1, -0.05) is 11.6 Å². The fourth-order valence-electron chi connectivity index (χ4n) is 5.21. The van der Waals surface area contributed by atoms with Crippen molar-refractivity contribution in [1.29, 1.82) is 0 Å². The van der Waals surface area contributed by atoms with Gasteiger partial charge in [-0.2, -0.15) is 5.10 Å². The second kappa shape index (κ2) is 9.58. The molecule has 3 N–H and O–H groups in total. The number of fused-ring (bicyclic) bond motifs is 1. The van der Waals surface area contributed by atoms with Crippen LogP contribution in [0, 0.1) is 13.8 Å². The van der Waals surface area contributed by atoms with Gasteiger partial charge in [0, 0.05) is 37.5 Å². The van der Waals surface area contributed by atoms with Gasteiger partial charge in [-0.15, -0.1) is 0 Å². The molecular weight excluding hydrogens is 496 g/mol. The molecule has 4 heterocycles. The molecule has 2 saturated heterocycles. The molecule has 5 rings (SSSR count). The zero-order valence-corrected chi connectivity index (χ0v) is 21.9. The van der Waals surface area contributed by atoms with Crippen molar-refractivity contribution in [3.63, 3.8) is 0 Å². The van der Waals surface area contributed by atoms with Gasteiger partial charge in [-0.05, 0) is 45.2 Å². The molecule has 2 aliphatic rings. The van der Waals surface area contributed by atoms with Gasteiger partial charge in [0.1, 0.15) is 5.82 Å². The molecule has 2 aromatic heterocycles. The van der Waals surface area contributed by atoms with Gasteiger partial charge in [0.15, 0.2) is 5.65 Å². The Hall–Kier alpha value is -3.22. The summed E-state index contributed by atoms with van der Waals surface area (Å²) >= 11 is 0. The third kappa shape index (κ3) is 5.13. The van der Waals surface area contributed by atoms with Gasteiger partial charge in [0.2, 0.25) is 10.0 Å². The molecule has 37 heavy (non-hydrogen) atoms. The molecule has 12 heteroatoms. The Morgan fingerprint density at radius 2 is 1.84 bits per heavy atom. The Kier molecular flexibility index (Phi) is 6.59. The standard InChI is InChI=1S/C25H32N6O5S/c1-15-7-8-18(28-37(3,35)36)17(10-15)25(34)30-9-5-4-6-20(30)19-11-23-26-24(16(2)12-31(23)27-19)29-13-21(32)22(33)14-29/h7-8,10-12,20-22,28,32-33H,4-6,9,13-14H2,1-3H3/t20-,21-,22-/m0/s1. The molecule has 0 unspecified atom stereocenters. The molecule has 3 atom stereocenters. The second-order valence-corrected chi connectivity index (χ2v) is 11.8. The minimum atomic E-state index is -3.56. The number of carbonyl (C=O) groups is 1. The molecule has 11 nitrogen and oxygen atoms in total. The van der Waals surface area contributed by atoms with Crippen molar-refractivity contribution in [2.24, 2.45) is 0 Å². The summed E-state index contributed by atoms with van der Waals surface area (Å²) in [5.74, 6) is 0.434. The van der Waals surface area contributed by atoms with E-state index >= 15 is 0 Å². The highest BCUT2D eigenvalue weighted by atomic mass is 32.2. The fourth-order valence-corrected chi connectivity index (χ4v) is 5.78. The fraction of sp³-hybridized carbons (Fsp3) is 0.480. The lowest BCUT2D eigenvalue weighted by Gasteiger charge is -2.35. The first-order valence-corrected chi connectivity index (χ1v) is 14.3. The van der Waals surface area contributed by atoms with Crippen LogP contribution in [0.4, 0.5) is 11.5 Å². The molecule has 0 aliphatic carbocycles. The average molecular weight is 529 g/mol. The summed E-state index contributed by atoms with van der Waals surface area (Å²) in [7, 11) is -3.56. The molecule has 0 spiro atoms. The van der Waals surface area contributed by atoms with Crippen LogP contribution >= 0.6 is 0 Å². The van der Waals surface area contributed by atoms with Crippen molar-refractivity contribution in [2.75, 3.05) is 35.5 Å². The van der Waals surface area contributed by atoms with Crippen LogP contribution in [0.2, 0.25) is 0 Å². The van der Waals surface area contributed by atoms with Gasteiger partial charge in [-0.25, -0.2) is 17.9 Å². The number of nitrogens with zero attached hydrogens (tertiary/aromatic N) is 5. The van der Waals surface area contributed by atoms with Crippen LogP contribution in [0.5, 0.6) is 0 Å².